The molecule has 2 heteroatoms. The van der Waals surface area contributed by atoms with Crippen LogP contribution < -0.4 is 5.32 Å². The second-order valence-corrected chi connectivity index (χ2v) is 5.03. The molecular formula is C13H28N2. The molecule has 0 aromatic carbocycles. The molecule has 0 saturated heterocycles. The summed E-state index contributed by atoms with van der Waals surface area (Å²) in [7, 11) is 0. The summed E-state index contributed by atoms with van der Waals surface area (Å²) in [6.07, 6.45) is 4.19. The fourth-order valence-corrected chi connectivity index (χ4v) is 2.32. The number of hydrogen-bond donors (Lipinski definition) is 1. The van der Waals surface area contributed by atoms with E-state index in [-0.39, 0.29) is 0 Å². The van der Waals surface area contributed by atoms with E-state index in [1.807, 2.05) is 0 Å². The van der Waals surface area contributed by atoms with Gasteiger partial charge in [0.05, 0.1) is 0 Å². The summed E-state index contributed by atoms with van der Waals surface area (Å²) in [4.78, 5) is 2.52. The third kappa shape index (κ3) is 4.52. The molecule has 1 fully saturated rings. The van der Waals surface area contributed by atoms with E-state index < -0.39 is 0 Å². The lowest BCUT2D eigenvalue weighted by Gasteiger charge is -2.26. The van der Waals surface area contributed by atoms with Gasteiger partial charge in [0.15, 0.2) is 0 Å². The topological polar surface area (TPSA) is 15.3 Å². The molecule has 0 amide bonds. The van der Waals surface area contributed by atoms with E-state index in [9.17, 15) is 0 Å². The first-order valence-electron chi connectivity index (χ1n) is 6.66. The van der Waals surface area contributed by atoms with Gasteiger partial charge in [-0.05, 0) is 45.6 Å². The van der Waals surface area contributed by atoms with E-state index in [1.54, 1.807) is 0 Å². The standard InChI is InChI=1S/C13H28N2/c1-5-13(12-7-8-12)14-9-10-15(6-2)11(3)4/h11-14H,5-10H2,1-4H3. The molecule has 90 valence electrons. The Hall–Kier alpha value is -0.0800. The first kappa shape index (κ1) is 13.0. The van der Waals surface area contributed by atoms with E-state index in [0.29, 0.717) is 6.04 Å². The molecule has 0 aliphatic heterocycles. The Bertz CT molecular complexity index is 154. The average Bonchev–Trinajstić information content (AvgIpc) is 3.01. The van der Waals surface area contributed by atoms with Crippen molar-refractivity contribution in [2.45, 2.75) is 59.0 Å². The minimum absolute atomic E-state index is 0.679. The van der Waals surface area contributed by atoms with E-state index in [0.717, 1.165) is 18.5 Å². The molecule has 1 saturated carbocycles. The van der Waals surface area contributed by atoms with Crippen LogP contribution in [0, 0.1) is 5.92 Å². The monoisotopic (exact) mass is 212 g/mol. The van der Waals surface area contributed by atoms with Crippen molar-refractivity contribution < 1.29 is 0 Å². The Morgan fingerprint density at radius 3 is 2.33 bits per heavy atom. The highest BCUT2D eigenvalue weighted by atomic mass is 15.2. The summed E-state index contributed by atoms with van der Waals surface area (Å²) in [6, 6.07) is 1.47. The third-order valence-corrected chi connectivity index (χ3v) is 3.57. The Morgan fingerprint density at radius 2 is 1.93 bits per heavy atom. The molecule has 1 rings (SSSR count). The van der Waals surface area contributed by atoms with Crippen LogP contribution in [0.1, 0.15) is 47.0 Å². The molecule has 0 radical (unpaired) electrons. The van der Waals surface area contributed by atoms with Gasteiger partial charge in [-0.15, -0.1) is 0 Å². The SMILES string of the molecule is CCC(NCCN(CC)C(C)C)C1CC1. The van der Waals surface area contributed by atoms with Gasteiger partial charge in [-0.25, -0.2) is 0 Å². The summed E-state index contributed by atoms with van der Waals surface area (Å²) in [5, 5.41) is 3.71. The summed E-state index contributed by atoms with van der Waals surface area (Å²) in [6.45, 7) is 12.6. The number of likely N-dealkylation sites (N-methyl/N-ethyl adjacent to an activating group) is 1. The fraction of sp³-hybridized carbons (Fsp3) is 1.00. The van der Waals surface area contributed by atoms with Gasteiger partial charge in [-0.1, -0.05) is 13.8 Å². The Balaban J connectivity index is 2.12. The summed E-state index contributed by atoms with van der Waals surface area (Å²) in [5.41, 5.74) is 0. The zero-order chi connectivity index (χ0) is 11.3. The van der Waals surface area contributed by atoms with Gasteiger partial charge in [-0.2, -0.15) is 0 Å². The van der Waals surface area contributed by atoms with Crippen molar-refractivity contribution in [2.75, 3.05) is 19.6 Å². The summed E-state index contributed by atoms with van der Waals surface area (Å²) in [5.74, 6) is 0.990. The molecule has 1 atom stereocenters. The predicted molar refractivity (Wildman–Crippen MR) is 67.2 cm³/mol. The third-order valence-electron chi connectivity index (χ3n) is 3.57. The molecule has 1 N–H and O–H groups in total. The number of hydrogen-bond acceptors (Lipinski definition) is 2. The van der Waals surface area contributed by atoms with Gasteiger partial charge in [-0.3, -0.25) is 4.90 Å². The molecule has 0 aromatic rings. The van der Waals surface area contributed by atoms with Gasteiger partial charge in [0.2, 0.25) is 0 Å². The van der Waals surface area contributed by atoms with Crippen molar-refractivity contribution in [1.82, 2.24) is 10.2 Å². The van der Waals surface area contributed by atoms with E-state index in [1.165, 1.54) is 32.4 Å². The van der Waals surface area contributed by atoms with Crippen LogP contribution in [-0.4, -0.2) is 36.6 Å². The van der Waals surface area contributed by atoms with Gasteiger partial charge < -0.3 is 5.32 Å². The number of nitrogens with zero attached hydrogens (tertiary/aromatic N) is 1. The zero-order valence-electron chi connectivity index (χ0n) is 10.9. The van der Waals surface area contributed by atoms with Crippen molar-refractivity contribution >= 4 is 0 Å². The van der Waals surface area contributed by atoms with Crippen LogP contribution >= 0.6 is 0 Å². The quantitative estimate of drug-likeness (QED) is 0.665. The van der Waals surface area contributed by atoms with Gasteiger partial charge in [0.1, 0.15) is 0 Å². The van der Waals surface area contributed by atoms with Gasteiger partial charge in [0.25, 0.3) is 0 Å². The first-order chi connectivity index (χ1) is 7.19. The second-order valence-electron chi connectivity index (χ2n) is 5.03. The van der Waals surface area contributed by atoms with Gasteiger partial charge in [0, 0.05) is 25.2 Å². The van der Waals surface area contributed by atoms with Crippen molar-refractivity contribution in [1.29, 1.82) is 0 Å². The lowest BCUT2D eigenvalue weighted by Crippen LogP contribution is -2.40. The summed E-state index contributed by atoms with van der Waals surface area (Å²) < 4.78 is 0. The van der Waals surface area contributed by atoms with Crippen LogP contribution in [0.4, 0.5) is 0 Å². The van der Waals surface area contributed by atoms with Crippen molar-refractivity contribution in [2.24, 2.45) is 5.92 Å². The Labute approximate surface area is 95.4 Å². The van der Waals surface area contributed by atoms with Crippen molar-refractivity contribution in [3.05, 3.63) is 0 Å². The average molecular weight is 212 g/mol. The fourth-order valence-electron chi connectivity index (χ4n) is 2.32. The van der Waals surface area contributed by atoms with E-state index >= 15 is 0 Å². The number of rotatable bonds is 8. The molecule has 1 aliphatic carbocycles. The lowest BCUT2D eigenvalue weighted by atomic mass is 10.1. The highest BCUT2D eigenvalue weighted by Crippen LogP contribution is 2.33. The lowest BCUT2D eigenvalue weighted by molar-refractivity contribution is 0.228. The van der Waals surface area contributed by atoms with Crippen LogP contribution in [0.2, 0.25) is 0 Å². The first-order valence-corrected chi connectivity index (χ1v) is 6.66. The van der Waals surface area contributed by atoms with E-state index in [4.69, 9.17) is 0 Å². The zero-order valence-corrected chi connectivity index (χ0v) is 10.9. The summed E-state index contributed by atoms with van der Waals surface area (Å²) >= 11 is 0. The van der Waals surface area contributed by atoms with Crippen molar-refractivity contribution in [3.8, 4) is 0 Å². The molecule has 15 heavy (non-hydrogen) atoms. The molecule has 1 unspecified atom stereocenters. The number of nitrogens with one attached hydrogen (secondary N) is 1. The molecular weight excluding hydrogens is 184 g/mol. The van der Waals surface area contributed by atoms with Crippen LogP contribution in [0.25, 0.3) is 0 Å². The Morgan fingerprint density at radius 1 is 1.27 bits per heavy atom. The second kappa shape index (κ2) is 6.49. The molecule has 1 aliphatic rings. The van der Waals surface area contributed by atoms with Crippen molar-refractivity contribution in [3.63, 3.8) is 0 Å². The van der Waals surface area contributed by atoms with Crippen LogP contribution in [0.3, 0.4) is 0 Å². The Kier molecular flexibility index (Phi) is 5.62. The minimum Gasteiger partial charge on any atom is -0.312 e. The molecule has 2 nitrogen and oxygen atoms in total. The molecule has 0 aromatic heterocycles. The maximum absolute atomic E-state index is 3.71. The predicted octanol–water partition coefficient (Wildman–Crippen LogP) is 2.49. The maximum atomic E-state index is 3.71. The maximum Gasteiger partial charge on any atom is 0.0110 e. The van der Waals surface area contributed by atoms with Crippen LogP contribution in [0.15, 0.2) is 0 Å². The normalized spacial score (nSPS) is 18.8. The highest BCUT2D eigenvalue weighted by molar-refractivity contribution is 4.85. The highest BCUT2D eigenvalue weighted by Gasteiger charge is 2.29. The van der Waals surface area contributed by atoms with E-state index in [2.05, 4.69) is 37.9 Å². The minimum atomic E-state index is 0.679. The smallest absolute Gasteiger partial charge is 0.0110 e. The molecule has 0 bridgehead atoms. The largest absolute Gasteiger partial charge is 0.312 e. The van der Waals surface area contributed by atoms with Crippen LogP contribution in [0.5, 0.6) is 0 Å². The van der Waals surface area contributed by atoms with Gasteiger partial charge >= 0.3 is 0 Å². The molecule has 0 spiro atoms. The molecule has 0 heterocycles. The van der Waals surface area contributed by atoms with Crippen LogP contribution in [-0.2, 0) is 0 Å².